The molecule has 3 rings (SSSR count). The van der Waals surface area contributed by atoms with Gasteiger partial charge in [-0.05, 0) is 55.9 Å². The first-order valence-corrected chi connectivity index (χ1v) is 10.2. The summed E-state index contributed by atoms with van der Waals surface area (Å²) in [5.41, 5.74) is 2.53. The Morgan fingerprint density at radius 1 is 1.25 bits per heavy atom. The summed E-state index contributed by atoms with van der Waals surface area (Å²) < 4.78 is 4.99. The number of carbonyl (C=O) groups is 2. The van der Waals surface area contributed by atoms with E-state index in [4.69, 9.17) is 17.0 Å². The lowest BCUT2D eigenvalue weighted by molar-refractivity contribution is -0.384. The van der Waals surface area contributed by atoms with E-state index in [1.165, 1.54) is 31.4 Å². The maximum atomic E-state index is 12.6. The number of allylic oxidation sites excluding steroid dienone is 1. The van der Waals surface area contributed by atoms with E-state index >= 15 is 0 Å². The normalized spacial score (nSPS) is 15.8. The predicted octanol–water partition coefficient (Wildman–Crippen LogP) is 3.55. The third kappa shape index (κ3) is 4.59. The Balaban J connectivity index is 1.89. The first-order chi connectivity index (χ1) is 15.3. The minimum absolute atomic E-state index is 0.0958. The summed E-state index contributed by atoms with van der Waals surface area (Å²) in [6.45, 7) is 4.34. The van der Waals surface area contributed by atoms with Gasteiger partial charge in [0.2, 0.25) is 0 Å². The predicted molar refractivity (Wildman–Crippen MR) is 123 cm³/mol. The van der Waals surface area contributed by atoms with Gasteiger partial charge in [0.25, 0.3) is 11.6 Å². The van der Waals surface area contributed by atoms with Crippen molar-refractivity contribution < 1.29 is 19.2 Å². The number of nitrogens with zero attached hydrogens (tertiary/aromatic N) is 2. The topological polar surface area (TPSA) is 114 Å². The molecule has 166 valence electrons. The summed E-state index contributed by atoms with van der Waals surface area (Å²) in [4.78, 5) is 37.2. The number of anilines is 1. The van der Waals surface area contributed by atoms with E-state index in [9.17, 15) is 19.7 Å². The number of ether oxygens (including phenoxy) is 1. The average Bonchev–Trinajstić information content (AvgIpc) is 2.78. The summed E-state index contributed by atoms with van der Waals surface area (Å²) in [5, 5.41) is 17.2. The molecule has 32 heavy (non-hydrogen) atoms. The Morgan fingerprint density at radius 3 is 2.53 bits per heavy atom. The molecule has 0 saturated carbocycles. The van der Waals surface area contributed by atoms with Crippen molar-refractivity contribution in [1.29, 1.82) is 0 Å². The molecule has 1 heterocycles. The van der Waals surface area contributed by atoms with Gasteiger partial charge in [-0.15, -0.1) is 0 Å². The fourth-order valence-corrected chi connectivity index (χ4v) is 3.90. The van der Waals surface area contributed by atoms with Crippen LogP contribution in [-0.2, 0) is 9.53 Å². The highest BCUT2D eigenvalue weighted by molar-refractivity contribution is 7.80. The van der Waals surface area contributed by atoms with Gasteiger partial charge in [-0.2, -0.15) is 0 Å². The lowest BCUT2D eigenvalue weighted by Gasteiger charge is -2.37. The van der Waals surface area contributed by atoms with Crippen molar-refractivity contribution in [1.82, 2.24) is 10.2 Å². The smallest absolute Gasteiger partial charge is 0.337 e. The highest BCUT2D eigenvalue weighted by Crippen LogP contribution is 2.32. The van der Waals surface area contributed by atoms with Crippen LogP contribution in [0.5, 0.6) is 0 Å². The molecule has 2 aromatic rings. The number of non-ortho nitro benzene ring substituents is 1. The third-order valence-corrected chi connectivity index (χ3v) is 5.47. The molecule has 9 nitrogen and oxygen atoms in total. The molecule has 1 unspecified atom stereocenters. The number of nitro benzene ring substituents is 1. The number of methoxy groups -OCH3 is 1. The van der Waals surface area contributed by atoms with Gasteiger partial charge in [0.05, 0.1) is 23.6 Å². The number of carbonyl (C=O) groups excluding carboxylic acids is 2. The molecule has 10 heteroatoms. The van der Waals surface area contributed by atoms with Crippen molar-refractivity contribution in [3.63, 3.8) is 0 Å². The second kappa shape index (κ2) is 9.56. The second-order valence-corrected chi connectivity index (χ2v) is 7.39. The third-order valence-electron chi connectivity index (χ3n) is 5.14. The number of esters is 1. The SMILES string of the molecule is CCN1C(=S)NC(c2cccc(NC(=O)c3ccc([N+](=O)[O-])cc3)c2)C(C(=O)OC)=C1C. The summed E-state index contributed by atoms with van der Waals surface area (Å²) in [5.74, 6) is -0.887. The van der Waals surface area contributed by atoms with Crippen molar-refractivity contribution in [2.75, 3.05) is 19.0 Å². The molecular formula is C22H22N4O5S. The number of nitro groups is 1. The number of rotatable bonds is 6. The molecule has 0 radical (unpaired) electrons. The van der Waals surface area contributed by atoms with Gasteiger partial charge < -0.3 is 20.3 Å². The lowest BCUT2D eigenvalue weighted by atomic mass is 9.94. The molecule has 2 N–H and O–H groups in total. The van der Waals surface area contributed by atoms with E-state index in [1.54, 1.807) is 18.2 Å². The molecule has 0 bridgehead atoms. The minimum Gasteiger partial charge on any atom is -0.466 e. The van der Waals surface area contributed by atoms with E-state index < -0.39 is 22.8 Å². The Bertz CT molecular complexity index is 1110. The molecule has 0 spiro atoms. The first-order valence-electron chi connectivity index (χ1n) is 9.79. The molecule has 0 fully saturated rings. The number of hydrogen-bond donors (Lipinski definition) is 2. The van der Waals surface area contributed by atoms with Crippen molar-refractivity contribution >= 4 is 40.6 Å². The van der Waals surface area contributed by atoms with E-state index in [-0.39, 0.29) is 11.3 Å². The van der Waals surface area contributed by atoms with Gasteiger partial charge in [0, 0.05) is 35.6 Å². The number of nitrogens with one attached hydrogen (secondary N) is 2. The van der Waals surface area contributed by atoms with E-state index in [0.29, 0.717) is 34.2 Å². The minimum atomic E-state index is -0.547. The van der Waals surface area contributed by atoms with Crippen LogP contribution in [-0.4, -0.2) is 40.5 Å². The maximum absolute atomic E-state index is 12.6. The molecule has 1 aliphatic heterocycles. The van der Waals surface area contributed by atoms with Gasteiger partial charge in [0.15, 0.2) is 5.11 Å². The van der Waals surface area contributed by atoms with Crippen molar-refractivity contribution in [2.45, 2.75) is 19.9 Å². The van der Waals surface area contributed by atoms with Crippen LogP contribution in [0.1, 0.15) is 35.8 Å². The Kier molecular flexibility index (Phi) is 6.84. The highest BCUT2D eigenvalue weighted by atomic mass is 32.1. The van der Waals surface area contributed by atoms with Crippen LogP contribution in [0.4, 0.5) is 11.4 Å². The van der Waals surface area contributed by atoms with E-state index in [2.05, 4.69) is 10.6 Å². The van der Waals surface area contributed by atoms with E-state index in [0.717, 1.165) is 0 Å². The Hall–Kier alpha value is -3.79. The van der Waals surface area contributed by atoms with Gasteiger partial charge >= 0.3 is 5.97 Å². The van der Waals surface area contributed by atoms with Crippen LogP contribution < -0.4 is 10.6 Å². The van der Waals surface area contributed by atoms with Crippen LogP contribution in [0.15, 0.2) is 59.8 Å². The van der Waals surface area contributed by atoms with Gasteiger partial charge in [-0.3, -0.25) is 14.9 Å². The molecule has 1 amide bonds. The van der Waals surface area contributed by atoms with E-state index in [1.807, 2.05) is 24.8 Å². The van der Waals surface area contributed by atoms with Crippen molar-refractivity contribution in [3.05, 3.63) is 81.0 Å². The highest BCUT2D eigenvalue weighted by Gasteiger charge is 2.34. The average molecular weight is 455 g/mol. The summed E-state index contributed by atoms with van der Waals surface area (Å²) in [7, 11) is 1.32. The summed E-state index contributed by atoms with van der Waals surface area (Å²) in [6.07, 6.45) is 0. The Labute approximate surface area is 190 Å². The number of hydrogen-bond acceptors (Lipinski definition) is 6. The molecule has 0 saturated heterocycles. The van der Waals surface area contributed by atoms with Crippen LogP contribution in [0.2, 0.25) is 0 Å². The molecule has 1 aliphatic rings. The molecule has 2 aromatic carbocycles. The van der Waals surface area contributed by atoms with Crippen LogP contribution >= 0.6 is 12.2 Å². The molecule has 1 atom stereocenters. The molecule has 0 aromatic heterocycles. The van der Waals surface area contributed by atoms with Crippen molar-refractivity contribution in [2.24, 2.45) is 0 Å². The first kappa shape index (κ1) is 22.9. The van der Waals surface area contributed by atoms with Crippen LogP contribution in [0, 0.1) is 10.1 Å². The number of thiocarbonyl (C=S) groups is 1. The van der Waals surface area contributed by atoms with Crippen LogP contribution in [0.3, 0.4) is 0 Å². The zero-order valence-corrected chi connectivity index (χ0v) is 18.6. The van der Waals surface area contributed by atoms with Gasteiger partial charge in [-0.1, -0.05) is 12.1 Å². The Morgan fingerprint density at radius 2 is 1.94 bits per heavy atom. The number of benzene rings is 2. The van der Waals surface area contributed by atoms with Gasteiger partial charge in [-0.25, -0.2) is 4.79 Å². The van der Waals surface area contributed by atoms with Crippen molar-refractivity contribution in [3.8, 4) is 0 Å². The largest absolute Gasteiger partial charge is 0.466 e. The maximum Gasteiger partial charge on any atom is 0.337 e. The number of amides is 1. The lowest BCUT2D eigenvalue weighted by Crippen LogP contribution is -2.47. The quantitative estimate of drug-likeness (QED) is 0.295. The molecule has 0 aliphatic carbocycles. The zero-order valence-electron chi connectivity index (χ0n) is 17.7. The second-order valence-electron chi connectivity index (χ2n) is 7.00. The fraction of sp³-hybridized carbons (Fsp3) is 0.227. The van der Waals surface area contributed by atoms with Crippen LogP contribution in [0.25, 0.3) is 0 Å². The summed E-state index contributed by atoms with van der Waals surface area (Å²) >= 11 is 5.46. The summed E-state index contributed by atoms with van der Waals surface area (Å²) in [6, 6.07) is 11.8. The van der Waals surface area contributed by atoms with Gasteiger partial charge in [0.1, 0.15) is 0 Å². The fourth-order valence-electron chi connectivity index (χ4n) is 3.52. The molecular weight excluding hydrogens is 432 g/mol. The standard InChI is InChI=1S/C22H22N4O5S/c1-4-25-13(2)18(21(28)31-3)19(24-22(25)32)15-6-5-7-16(12-15)23-20(27)14-8-10-17(11-9-14)26(29)30/h5-12,19H,4H2,1-3H3,(H,23,27)(H,24,32). The zero-order chi connectivity index (χ0) is 23.4. The monoisotopic (exact) mass is 454 g/mol.